The topological polar surface area (TPSA) is 56.1 Å². The van der Waals surface area contributed by atoms with Crippen molar-refractivity contribution in [2.75, 3.05) is 19.6 Å². The summed E-state index contributed by atoms with van der Waals surface area (Å²) in [5.74, 6) is 0. The molecule has 0 spiro atoms. The number of carbonyl (C=O) groups is 1. The quantitative estimate of drug-likeness (QED) is 0.822. The molecule has 1 aromatic heterocycles. The molecule has 120 valence electrons. The summed E-state index contributed by atoms with van der Waals surface area (Å²) < 4.78 is 0.831. The number of aryl methyl sites for hydroxylation is 1. The summed E-state index contributed by atoms with van der Waals surface area (Å²) in [6, 6.07) is 6.34. The summed E-state index contributed by atoms with van der Waals surface area (Å²) in [7, 11) is 0. The van der Waals surface area contributed by atoms with Gasteiger partial charge in [-0.3, -0.25) is 0 Å². The average molecular weight is 340 g/mol. The largest absolute Gasteiger partial charge is 0.338 e. The molecule has 0 radical (unpaired) electrons. The summed E-state index contributed by atoms with van der Waals surface area (Å²) in [6.07, 6.45) is 4.54. The van der Waals surface area contributed by atoms with Crippen molar-refractivity contribution in [3.8, 4) is 6.07 Å². The number of rotatable bonds is 5. The summed E-state index contributed by atoms with van der Waals surface area (Å²) in [4.78, 5) is 15.2. The Morgan fingerprint density at radius 2 is 2.18 bits per heavy atom. The maximum absolute atomic E-state index is 12.1. The van der Waals surface area contributed by atoms with Crippen molar-refractivity contribution in [1.82, 2.24) is 10.2 Å². The summed E-state index contributed by atoms with van der Waals surface area (Å²) in [5, 5.41) is 12.1. The number of halogens is 1. The minimum atomic E-state index is -0.265. The Balaban J connectivity index is 1.59. The van der Waals surface area contributed by atoms with Crippen molar-refractivity contribution in [3.05, 3.63) is 21.3 Å². The van der Waals surface area contributed by atoms with Gasteiger partial charge in [-0.15, -0.1) is 11.3 Å². The van der Waals surface area contributed by atoms with Crippen LogP contribution >= 0.6 is 22.9 Å². The van der Waals surface area contributed by atoms with Gasteiger partial charge in [-0.05, 0) is 51.2 Å². The van der Waals surface area contributed by atoms with E-state index in [2.05, 4.69) is 17.5 Å². The molecule has 4 nitrogen and oxygen atoms in total. The van der Waals surface area contributed by atoms with Crippen LogP contribution in [0.1, 0.15) is 37.5 Å². The van der Waals surface area contributed by atoms with Crippen molar-refractivity contribution in [3.63, 3.8) is 0 Å². The molecule has 0 aromatic carbocycles. The van der Waals surface area contributed by atoms with E-state index in [9.17, 15) is 4.79 Å². The van der Waals surface area contributed by atoms with Gasteiger partial charge >= 0.3 is 6.03 Å². The van der Waals surface area contributed by atoms with Crippen LogP contribution in [0, 0.1) is 16.7 Å². The second kappa shape index (κ2) is 7.85. The Labute approximate surface area is 141 Å². The molecule has 1 fully saturated rings. The first kappa shape index (κ1) is 17.1. The van der Waals surface area contributed by atoms with E-state index < -0.39 is 0 Å². The molecular formula is C16H22ClN3OS. The van der Waals surface area contributed by atoms with E-state index in [4.69, 9.17) is 16.9 Å². The number of thiophene rings is 1. The van der Waals surface area contributed by atoms with Crippen LogP contribution in [-0.2, 0) is 6.42 Å². The Hall–Kier alpha value is -1.25. The lowest BCUT2D eigenvalue weighted by Crippen LogP contribution is -2.46. The summed E-state index contributed by atoms with van der Waals surface area (Å²) in [5.41, 5.74) is -0.265. The third-order valence-electron chi connectivity index (χ3n) is 4.18. The smallest absolute Gasteiger partial charge is 0.317 e. The highest BCUT2D eigenvalue weighted by molar-refractivity contribution is 7.16. The van der Waals surface area contributed by atoms with E-state index in [0.717, 1.165) is 36.4 Å². The van der Waals surface area contributed by atoms with Gasteiger partial charge < -0.3 is 10.2 Å². The first-order valence-electron chi connectivity index (χ1n) is 7.71. The highest BCUT2D eigenvalue weighted by Crippen LogP contribution is 2.29. The molecule has 2 rings (SSSR count). The molecule has 0 unspecified atom stereocenters. The Kier molecular flexibility index (Phi) is 6.10. The molecule has 0 bridgehead atoms. The molecule has 6 heteroatoms. The first-order valence-corrected chi connectivity index (χ1v) is 8.90. The number of urea groups is 1. The SMILES string of the molecule is CC1(C#N)CCN(C(=O)NCCCCc2ccc(Cl)s2)CC1. The highest BCUT2D eigenvalue weighted by atomic mass is 35.5. The molecule has 1 saturated heterocycles. The fourth-order valence-corrected chi connectivity index (χ4v) is 3.66. The number of hydrogen-bond donors (Lipinski definition) is 1. The second-order valence-corrected chi connectivity index (χ2v) is 7.85. The lowest BCUT2D eigenvalue weighted by Gasteiger charge is -2.34. The zero-order valence-corrected chi connectivity index (χ0v) is 14.5. The van der Waals surface area contributed by atoms with E-state index in [-0.39, 0.29) is 11.4 Å². The van der Waals surface area contributed by atoms with Crippen LogP contribution in [0.4, 0.5) is 4.79 Å². The normalized spacial score (nSPS) is 17.0. The standard InChI is InChI=1S/C16H22ClN3OS/c1-16(12-18)7-10-20(11-8-16)15(21)19-9-3-2-4-13-5-6-14(17)22-13/h5-6H,2-4,7-11H2,1H3,(H,19,21). The zero-order chi connectivity index (χ0) is 16.0. The lowest BCUT2D eigenvalue weighted by molar-refractivity contribution is 0.156. The highest BCUT2D eigenvalue weighted by Gasteiger charge is 2.31. The number of amides is 2. The van der Waals surface area contributed by atoms with Crippen LogP contribution in [0.15, 0.2) is 12.1 Å². The van der Waals surface area contributed by atoms with E-state index in [0.29, 0.717) is 19.6 Å². The first-order chi connectivity index (χ1) is 10.5. The van der Waals surface area contributed by atoms with Crippen LogP contribution in [0.25, 0.3) is 0 Å². The molecule has 0 aliphatic carbocycles. The van der Waals surface area contributed by atoms with Gasteiger partial charge in [0.05, 0.1) is 15.8 Å². The van der Waals surface area contributed by atoms with Crippen LogP contribution in [0.3, 0.4) is 0 Å². The Morgan fingerprint density at radius 3 is 2.77 bits per heavy atom. The van der Waals surface area contributed by atoms with Crippen molar-refractivity contribution in [1.29, 1.82) is 5.26 Å². The van der Waals surface area contributed by atoms with Gasteiger partial charge in [-0.1, -0.05) is 11.6 Å². The van der Waals surface area contributed by atoms with E-state index >= 15 is 0 Å². The number of unbranched alkanes of at least 4 members (excludes halogenated alkanes) is 1. The minimum absolute atomic E-state index is 0.000780. The molecule has 22 heavy (non-hydrogen) atoms. The van der Waals surface area contributed by atoms with Crippen LogP contribution < -0.4 is 5.32 Å². The number of carbonyl (C=O) groups excluding carboxylic acids is 1. The summed E-state index contributed by atoms with van der Waals surface area (Å²) >= 11 is 7.51. The predicted molar refractivity (Wildman–Crippen MR) is 90.2 cm³/mol. The molecular weight excluding hydrogens is 318 g/mol. The van der Waals surface area contributed by atoms with Gasteiger partial charge in [-0.2, -0.15) is 5.26 Å². The van der Waals surface area contributed by atoms with E-state index in [1.807, 2.05) is 17.9 Å². The van der Waals surface area contributed by atoms with Crippen LogP contribution in [0.5, 0.6) is 0 Å². The predicted octanol–water partition coefficient (Wildman–Crippen LogP) is 4.06. The van der Waals surface area contributed by atoms with Crippen molar-refractivity contribution in [2.24, 2.45) is 5.41 Å². The van der Waals surface area contributed by atoms with Gasteiger partial charge in [0.25, 0.3) is 0 Å². The maximum Gasteiger partial charge on any atom is 0.317 e. The van der Waals surface area contributed by atoms with E-state index in [1.165, 1.54) is 4.88 Å². The average Bonchev–Trinajstić information content (AvgIpc) is 2.93. The van der Waals surface area contributed by atoms with Crippen LogP contribution in [0.2, 0.25) is 4.34 Å². The monoisotopic (exact) mass is 339 g/mol. The van der Waals surface area contributed by atoms with Crippen LogP contribution in [-0.4, -0.2) is 30.6 Å². The van der Waals surface area contributed by atoms with Crippen molar-refractivity contribution >= 4 is 29.0 Å². The number of nitrogens with zero attached hydrogens (tertiary/aromatic N) is 2. The molecule has 2 heterocycles. The number of hydrogen-bond acceptors (Lipinski definition) is 3. The van der Waals surface area contributed by atoms with Gasteiger partial charge in [0.15, 0.2) is 0 Å². The second-order valence-electron chi connectivity index (χ2n) is 6.05. The lowest BCUT2D eigenvalue weighted by atomic mass is 9.82. The summed E-state index contributed by atoms with van der Waals surface area (Å²) in [6.45, 7) is 4.01. The number of piperidine rings is 1. The van der Waals surface area contributed by atoms with Gasteiger partial charge in [0.1, 0.15) is 0 Å². The van der Waals surface area contributed by atoms with Gasteiger partial charge in [-0.25, -0.2) is 4.79 Å². The molecule has 1 N–H and O–H groups in total. The van der Waals surface area contributed by atoms with Gasteiger partial charge in [0, 0.05) is 24.5 Å². The Morgan fingerprint density at radius 1 is 1.45 bits per heavy atom. The van der Waals surface area contributed by atoms with Crippen molar-refractivity contribution in [2.45, 2.75) is 39.0 Å². The molecule has 1 aromatic rings. The molecule has 0 saturated carbocycles. The zero-order valence-electron chi connectivity index (χ0n) is 12.9. The molecule has 1 aliphatic rings. The fraction of sp³-hybridized carbons (Fsp3) is 0.625. The molecule has 2 amide bonds. The number of likely N-dealkylation sites (tertiary alicyclic amines) is 1. The van der Waals surface area contributed by atoms with Crippen molar-refractivity contribution < 1.29 is 4.79 Å². The number of nitrogens with one attached hydrogen (secondary N) is 1. The third-order valence-corrected chi connectivity index (χ3v) is 5.47. The third kappa shape index (κ3) is 4.89. The molecule has 1 aliphatic heterocycles. The molecule has 0 atom stereocenters. The van der Waals surface area contributed by atoms with E-state index in [1.54, 1.807) is 11.3 Å². The van der Waals surface area contributed by atoms with Gasteiger partial charge in [0.2, 0.25) is 0 Å². The fourth-order valence-electron chi connectivity index (χ4n) is 2.53. The Bertz CT molecular complexity index is 544. The maximum atomic E-state index is 12.1. The number of nitriles is 1. The minimum Gasteiger partial charge on any atom is -0.338 e.